The molecule has 28 heavy (non-hydrogen) atoms. The van der Waals surface area contributed by atoms with E-state index in [2.05, 4.69) is 20.4 Å². The van der Waals surface area contributed by atoms with Gasteiger partial charge in [-0.3, -0.25) is 4.57 Å². The molecule has 1 atom stereocenters. The van der Waals surface area contributed by atoms with Gasteiger partial charge >= 0.3 is 0 Å². The van der Waals surface area contributed by atoms with E-state index in [9.17, 15) is 5.11 Å². The van der Waals surface area contributed by atoms with Gasteiger partial charge in [-0.15, -0.1) is 20.4 Å². The monoisotopic (exact) mass is 393 g/mol. The standard InChI is InChI=1S/C20H19N5O2S/c1-14(26)12-17-21-24-20(25(17)16-10-6-3-7-11-16)28-13-18-22-23-19(27-18)15-8-4-2-5-9-15/h2-11,14,26H,12-13H2,1H3/t14-/m0/s1. The molecule has 0 radical (unpaired) electrons. The van der Waals surface area contributed by atoms with Crippen LogP contribution in [0.3, 0.4) is 0 Å². The Bertz CT molecular complexity index is 1030. The molecule has 0 spiro atoms. The molecule has 0 saturated heterocycles. The Morgan fingerprint density at radius 3 is 2.39 bits per heavy atom. The predicted molar refractivity (Wildman–Crippen MR) is 106 cm³/mol. The van der Waals surface area contributed by atoms with Crippen molar-refractivity contribution < 1.29 is 9.52 Å². The van der Waals surface area contributed by atoms with Gasteiger partial charge < -0.3 is 9.52 Å². The Balaban J connectivity index is 1.55. The lowest BCUT2D eigenvalue weighted by Gasteiger charge is -2.10. The highest BCUT2D eigenvalue weighted by Gasteiger charge is 2.17. The van der Waals surface area contributed by atoms with Gasteiger partial charge in [0, 0.05) is 17.7 Å². The number of hydrogen-bond acceptors (Lipinski definition) is 7. The highest BCUT2D eigenvalue weighted by atomic mass is 32.2. The number of hydrogen-bond donors (Lipinski definition) is 1. The van der Waals surface area contributed by atoms with Crippen LogP contribution < -0.4 is 0 Å². The molecule has 0 aliphatic rings. The lowest BCUT2D eigenvalue weighted by atomic mass is 10.2. The predicted octanol–water partition coefficient (Wildman–Crippen LogP) is 3.53. The first-order valence-electron chi connectivity index (χ1n) is 8.89. The maximum absolute atomic E-state index is 9.78. The van der Waals surface area contributed by atoms with Gasteiger partial charge in [-0.05, 0) is 31.2 Å². The number of aliphatic hydroxyl groups excluding tert-OH is 1. The van der Waals surface area contributed by atoms with E-state index >= 15 is 0 Å². The third-order valence-corrected chi connectivity index (χ3v) is 4.92. The van der Waals surface area contributed by atoms with Crippen molar-refractivity contribution in [1.82, 2.24) is 25.0 Å². The molecule has 7 nitrogen and oxygen atoms in total. The summed E-state index contributed by atoms with van der Waals surface area (Å²) in [4.78, 5) is 0. The molecule has 8 heteroatoms. The highest BCUT2D eigenvalue weighted by molar-refractivity contribution is 7.98. The number of rotatable bonds is 7. The van der Waals surface area contributed by atoms with Crippen molar-refractivity contribution in [1.29, 1.82) is 0 Å². The smallest absolute Gasteiger partial charge is 0.247 e. The van der Waals surface area contributed by atoms with Crippen LogP contribution in [-0.4, -0.2) is 36.2 Å². The number of nitrogens with zero attached hydrogens (tertiary/aromatic N) is 5. The summed E-state index contributed by atoms with van der Waals surface area (Å²) in [6.07, 6.45) is -0.0878. The Hall–Kier alpha value is -2.97. The van der Waals surface area contributed by atoms with E-state index in [0.29, 0.717) is 34.9 Å². The first-order chi connectivity index (χ1) is 13.7. The van der Waals surface area contributed by atoms with Gasteiger partial charge in [0.2, 0.25) is 11.8 Å². The Labute approximate surface area is 166 Å². The zero-order chi connectivity index (χ0) is 19.3. The minimum atomic E-state index is -0.506. The van der Waals surface area contributed by atoms with Crippen molar-refractivity contribution in [3.05, 3.63) is 72.4 Å². The first kappa shape index (κ1) is 18.4. The van der Waals surface area contributed by atoms with Gasteiger partial charge in [0.15, 0.2) is 5.16 Å². The normalized spacial score (nSPS) is 12.2. The third-order valence-electron chi connectivity index (χ3n) is 4.01. The zero-order valence-electron chi connectivity index (χ0n) is 15.3. The molecule has 0 aliphatic carbocycles. The summed E-state index contributed by atoms with van der Waals surface area (Å²) in [6.45, 7) is 1.74. The summed E-state index contributed by atoms with van der Waals surface area (Å²) < 4.78 is 7.72. The van der Waals surface area contributed by atoms with Crippen LogP contribution in [-0.2, 0) is 12.2 Å². The molecular formula is C20H19N5O2S. The number of aromatic nitrogens is 5. The Morgan fingerprint density at radius 1 is 0.964 bits per heavy atom. The summed E-state index contributed by atoms with van der Waals surface area (Å²) in [5.41, 5.74) is 1.83. The van der Waals surface area contributed by atoms with Gasteiger partial charge in [-0.25, -0.2) is 0 Å². The van der Waals surface area contributed by atoms with Crippen LogP contribution in [0.4, 0.5) is 0 Å². The minimum Gasteiger partial charge on any atom is -0.420 e. The maximum atomic E-state index is 9.78. The molecule has 142 valence electrons. The molecule has 2 heterocycles. The first-order valence-corrected chi connectivity index (χ1v) is 9.87. The third kappa shape index (κ3) is 4.13. The molecule has 0 saturated carbocycles. The van der Waals surface area contributed by atoms with Crippen LogP contribution in [0.5, 0.6) is 0 Å². The van der Waals surface area contributed by atoms with Gasteiger partial charge in [0.1, 0.15) is 5.82 Å². The van der Waals surface area contributed by atoms with Crippen LogP contribution >= 0.6 is 11.8 Å². The Kier molecular flexibility index (Phi) is 5.50. The van der Waals surface area contributed by atoms with Gasteiger partial charge in [0.25, 0.3) is 0 Å². The van der Waals surface area contributed by atoms with Crippen LogP contribution in [0.2, 0.25) is 0 Å². The van der Waals surface area contributed by atoms with Crippen LogP contribution in [0.25, 0.3) is 17.1 Å². The van der Waals surface area contributed by atoms with Gasteiger partial charge in [-0.2, -0.15) is 0 Å². The number of thioether (sulfide) groups is 1. The van der Waals surface area contributed by atoms with Crippen LogP contribution in [0.1, 0.15) is 18.6 Å². The quantitative estimate of drug-likeness (QED) is 0.480. The van der Waals surface area contributed by atoms with E-state index in [1.54, 1.807) is 6.92 Å². The van der Waals surface area contributed by atoms with E-state index in [1.807, 2.05) is 65.2 Å². The molecule has 0 fully saturated rings. The topological polar surface area (TPSA) is 89.9 Å². The second-order valence-electron chi connectivity index (χ2n) is 6.28. The van der Waals surface area contributed by atoms with E-state index in [1.165, 1.54) is 11.8 Å². The summed E-state index contributed by atoms with van der Waals surface area (Å²) >= 11 is 1.46. The van der Waals surface area contributed by atoms with E-state index in [0.717, 1.165) is 11.3 Å². The molecule has 4 rings (SSSR count). The molecule has 1 N–H and O–H groups in total. The maximum Gasteiger partial charge on any atom is 0.247 e. The molecule has 2 aromatic heterocycles. The summed E-state index contributed by atoms with van der Waals surface area (Å²) in [6, 6.07) is 19.5. The molecule has 0 aliphatic heterocycles. The zero-order valence-corrected chi connectivity index (χ0v) is 16.1. The van der Waals surface area contributed by atoms with Gasteiger partial charge in [-0.1, -0.05) is 48.2 Å². The second kappa shape index (κ2) is 8.37. The summed E-state index contributed by atoms with van der Waals surface area (Å²) in [5.74, 6) is 2.19. The average molecular weight is 393 g/mol. The number of para-hydroxylation sites is 1. The summed E-state index contributed by atoms with van der Waals surface area (Å²) in [5, 5.41) is 27.3. The molecular weight excluding hydrogens is 374 g/mol. The molecule has 2 aromatic carbocycles. The second-order valence-corrected chi connectivity index (χ2v) is 7.22. The highest BCUT2D eigenvalue weighted by Crippen LogP contribution is 2.26. The summed E-state index contributed by atoms with van der Waals surface area (Å²) in [7, 11) is 0. The fraction of sp³-hybridized carbons (Fsp3) is 0.200. The lowest BCUT2D eigenvalue weighted by Crippen LogP contribution is -2.11. The number of aliphatic hydroxyl groups is 1. The molecule has 0 bridgehead atoms. The van der Waals surface area contributed by atoms with Crippen molar-refractivity contribution in [3.63, 3.8) is 0 Å². The van der Waals surface area contributed by atoms with Crippen molar-refractivity contribution >= 4 is 11.8 Å². The molecule has 0 unspecified atom stereocenters. The van der Waals surface area contributed by atoms with E-state index in [4.69, 9.17) is 4.42 Å². The minimum absolute atomic E-state index is 0.418. The van der Waals surface area contributed by atoms with Crippen LogP contribution in [0, 0.1) is 0 Å². The van der Waals surface area contributed by atoms with Crippen molar-refractivity contribution in [2.45, 2.75) is 30.4 Å². The fourth-order valence-corrected chi connectivity index (χ4v) is 3.57. The van der Waals surface area contributed by atoms with Crippen LogP contribution in [0.15, 0.2) is 70.2 Å². The SMILES string of the molecule is C[C@H](O)Cc1nnc(SCc2nnc(-c3ccccc3)o2)n1-c1ccccc1. The van der Waals surface area contributed by atoms with Crippen molar-refractivity contribution in [2.75, 3.05) is 0 Å². The number of benzene rings is 2. The largest absolute Gasteiger partial charge is 0.420 e. The average Bonchev–Trinajstić information content (AvgIpc) is 3.34. The fourth-order valence-electron chi connectivity index (χ4n) is 2.76. The lowest BCUT2D eigenvalue weighted by molar-refractivity contribution is 0.192. The Morgan fingerprint density at radius 2 is 1.68 bits per heavy atom. The molecule has 4 aromatic rings. The molecule has 0 amide bonds. The van der Waals surface area contributed by atoms with E-state index < -0.39 is 6.10 Å². The van der Waals surface area contributed by atoms with Crippen molar-refractivity contribution in [2.24, 2.45) is 0 Å². The van der Waals surface area contributed by atoms with Crippen molar-refractivity contribution in [3.8, 4) is 17.1 Å². The van der Waals surface area contributed by atoms with E-state index in [-0.39, 0.29) is 0 Å². The van der Waals surface area contributed by atoms with Gasteiger partial charge in [0.05, 0.1) is 11.9 Å².